The molecule has 0 saturated carbocycles. The quantitative estimate of drug-likeness (QED) is 0.619. The van der Waals surface area contributed by atoms with Gasteiger partial charge in [-0.3, -0.25) is 4.98 Å². The fourth-order valence-electron chi connectivity index (χ4n) is 3.76. The van der Waals surface area contributed by atoms with E-state index in [-0.39, 0.29) is 0 Å². The number of pyridine rings is 1. The second kappa shape index (κ2) is 6.95. The smallest absolute Gasteiger partial charge is 0.0571 e. The first-order valence-electron chi connectivity index (χ1n) is 8.89. The Hall–Kier alpha value is -0.500. The Labute approximate surface area is 141 Å². The van der Waals surface area contributed by atoms with Gasteiger partial charge in [-0.05, 0) is 61.1 Å². The van der Waals surface area contributed by atoms with Gasteiger partial charge in [0.1, 0.15) is 0 Å². The van der Waals surface area contributed by atoms with E-state index in [9.17, 15) is 0 Å². The highest BCUT2D eigenvalue weighted by atomic mass is 32.2. The van der Waals surface area contributed by atoms with Gasteiger partial charge in [0.2, 0.25) is 0 Å². The molecular formula is C20H33NS. The first-order chi connectivity index (χ1) is 10.2. The SMILES string of the molecule is Cc1cc(C(C)C)c2c(n1)[C@@H](C)S[C@@H](C)[C@@H](C)CC2C(C)C. The minimum atomic E-state index is 0.492. The molecule has 0 saturated heterocycles. The van der Waals surface area contributed by atoms with Crippen LogP contribution < -0.4 is 0 Å². The van der Waals surface area contributed by atoms with Crippen LogP contribution in [0.5, 0.6) is 0 Å². The van der Waals surface area contributed by atoms with Crippen molar-refractivity contribution < 1.29 is 0 Å². The van der Waals surface area contributed by atoms with E-state index in [2.05, 4.69) is 73.2 Å². The van der Waals surface area contributed by atoms with Crippen molar-refractivity contribution in [1.29, 1.82) is 0 Å². The minimum absolute atomic E-state index is 0.492. The molecule has 124 valence electrons. The van der Waals surface area contributed by atoms with Crippen molar-refractivity contribution >= 4 is 11.8 Å². The standard InChI is InChI=1S/C20H33NS/c1-11(2)17-9-13(5)15(7)22-16(8)20-19(17)18(12(3)4)10-14(6)21-20/h10-13,15-17H,9H2,1-8H3/t13-,15-,16+,17?/m0/s1. The van der Waals surface area contributed by atoms with Crippen LogP contribution in [-0.2, 0) is 0 Å². The van der Waals surface area contributed by atoms with E-state index in [1.807, 2.05) is 0 Å². The summed E-state index contributed by atoms with van der Waals surface area (Å²) in [6.07, 6.45) is 1.29. The van der Waals surface area contributed by atoms with Gasteiger partial charge in [0.15, 0.2) is 0 Å². The van der Waals surface area contributed by atoms with E-state index in [0.29, 0.717) is 28.3 Å². The third kappa shape index (κ3) is 3.53. The average Bonchev–Trinajstić information content (AvgIpc) is 2.42. The number of rotatable bonds is 2. The van der Waals surface area contributed by atoms with Crippen molar-refractivity contribution in [2.75, 3.05) is 0 Å². The van der Waals surface area contributed by atoms with Crippen LogP contribution in [-0.4, -0.2) is 10.2 Å². The lowest BCUT2D eigenvalue weighted by Gasteiger charge is -2.36. The Bertz CT molecular complexity index is 521. The van der Waals surface area contributed by atoms with Gasteiger partial charge in [-0.25, -0.2) is 0 Å². The maximum atomic E-state index is 5.01. The van der Waals surface area contributed by atoms with Crippen LogP contribution in [0.15, 0.2) is 6.07 Å². The van der Waals surface area contributed by atoms with Crippen LogP contribution in [0, 0.1) is 18.8 Å². The zero-order chi connectivity index (χ0) is 16.6. The molecule has 0 radical (unpaired) electrons. The highest BCUT2D eigenvalue weighted by molar-refractivity contribution is 8.00. The topological polar surface area (TPSA) is 12.9 Å². The molecule has 0 aromatic carbocycles. The number of aryl methyl sites for hydroxylation is 1. The summed E-state index contributed by atoms with van der Waals surface area (Å²) in [4.78, 5) is 5.01. The molecule has 1 nitrogen and oxygen atoms in total. The Morgan fingerprint density at radius 2 is 1.77 bits per heavy atom. The van der Waals surface area contributed by atoms with Gasteiger partial charge in [-0.1, -0.05) is 41.5 Å². The lowest BCUT2D eigenvalue weighted by Crippen LogP contribution is -2.24. The van der Waals surface area contributed by atoms with Crippen LogP contribution >= 0.6 is 11.8 Å². The summed E-state index contributed by atoms with van der Waals surface area (Å²) in [7, 11) is 0. The second-order valence-corrected chi connectivity index (χ2v) is 9.58. The zero-order valence-corrected chi connectivity index (χ0v) is 16.4. The van der Waals surface area contributed by atoms with Crippen LogP contribution in [0.4, 0.5) is 0 Å². The van der Waals surface area contributed by atoms with Crippen molar-refractivity contribution in [3.63, 3.8) is 0 Å². The highest BCUT2D eigenvalue weighted by Crippen LogP contribution is 2.47. The predicted molar refractivity (Wildman–Crippen MR) is 99.9 cm³/mol. The Kier molecular flexibility index (Phi) is 5.63. The van der Waals surface area contributed by atoms with Crippen molar-refractivity contribution in [1.82, 2.24) is 4.98 Å². The molecule has 2 heteroatoms. The van der Waals surface area contributed by atoms with E-state index in [1.165, 1.54) is 23.4 Å². The number of aromatic nitrogens is 1. The van der Waals surface area contributed by atoms with Gasteiger partial charge < -0.3 is 0 Å². The number of thioether (sulfide) groups is 1. The summed E-state index contributed by atoms with van der Waals surface area (Å²) >= 11 is 2.11. The lowest BCUT2D eigenvalue weighted by atomic mass is 9.76. The summed E-state index contributed by atoms with van der Waals surface area (Å²) in [6.45, 7) is 18.8. The highest BCUT2D eigenvalue weighted by Gasteiger charge is 2.33. The number of hydrogen-bond donors (Lipinski definition) is 0. The predicted octanol–water partition coefficient (Wildman–Crippen LogP) is 6.48. The van der Waals surface area contributed by atoms with Crippen molar-refractivity contribution in [2.24, 2.45) is 11.8 Å². The van der Waals surface area contributed by atoms with E-state index in [0.717, 1.165) is 5.92 Å². The van der Waals surface area contributed by atoms with Gasteiger partial charge in [0.25, 0.3) is 0 Å². The van der Waals surface area contributed by atoms with E-state index >= 15 is 0 Å². The first-order valence-corrected chi connectivity index (χ1v) is 9.83. The van der Waals surface area contributed by atoms with Crippen LogP contribution in [0.25, 0.3) is 0 Å². The van der Waals surface area contributed by atoms with Crippen molar-refractivity contribution in [2.45, 2.75) is 84.1 Å². The molecule has 0 aliphatic carbocycles. The normalized spacial score (nSPS) is 29.4. The number of nitrogens with zero attached hydrogens (tertiary/aromatic N) is 1. The Morgan fingerprint density at radius 3 is 2.32 bits per heavy atom. The average molecular weight is 320 g/mol. The summed E-state index contributed by atoms with van der Waals surface area (Å²) in [6, 6.07) is 2.34. The summed E-state index contributed by atoms with van der Waals surface area (Å²) in [5.74, 6) is 2.64. The monoisotopic (exact) mass is 319 g/mol. The third-order valence-corrected chi connectivity index (χ3v) is 6.80. The molecule has 1 aliphatic rings. The maximum Gasteiger partial charge on any atom is 0.0571 e. The fraction of sp³-hybridized carbons (Fsp3) is 0.750. The molecule has 4 atom stereocenters. The minimum Gasteiger partial charge on any atom is -0.257 e. The van der Waals surface area contributed by atoms with Crippen LogP contribution in [0.3, 0.4) is 0 Å². The summed E-state index contributed by atoms with van der Waals surface area (Å²) in [5.41, 5.74) is 5.66. The molecule has 1 aromatic rings. The summed E-state index contributed by atoms with van der Waals surface area (Å²) in [5, 5.41) is 1.20. The molecule has 1 unspecified atom stereocenters. The molecule has 1 aliphatic heterocycles. The van der Waals surface area contributed by atoms with Gasteiger partial charge in [-0.15, -0.1) is 11.8 Å². The molecular weight excluding hydrogens is 286 g/mol. The van der Waals surface area contributed by atoms with Crippen molar-refractivity contribution in [3.05, 3.63) is 28.6 Å². The molecule has 2 rings (SSSR count). The molecule has 0 N–H and O–H groups in total. The van der Waals surface area contributed by atoms with Crippen molar-refractivity contribution in [3.8, 4) is 0 Å². The molecule has 2 heterocycles. The molecule has 0 spiro atoms. The number of fused-ring (bicyclic) bond motifs is 1. The van der Waals surface area contributed by atoms with Gasteiger partial charge >= 0.3 is 0 Å². The molecule has 22 heavy (non-hydrogen) atoms. The van der Waals surface area contributed by atoms with Crippen LogP contribution in [0.1, 0.15) is 94.5 Å². The van der Waals surface area contributed by atoms with Gasteiger partial charge in [0.05, 0.1) is 5.69 Å². The second-order valence-electron chi connectivity index (χ2n) is 7.85. The maximum absolute atomic E-state index is 5.01. The van der Waals surface area contributed by atoms with E-state index in [4.69, 9.17) is 4.98 Å². The van der Waals surface area contributed by atoms with Crippen LogP contribution in [0.2, 0.25) is 0 Å². The van der Waals surface area contributed by atoms with E-state index < -0.39 is 0 Å². The Balaban J connectivity index is 2.68. The fourth-order valence-corrected chi connectivity index (χ4v) is 5.09. The first kappa shape index (κ1) is 17.8. The summed E-state index contributed by atoms with van der Waals surface area (Å²) < 4.78 is 0. The largest absolute Gasteiger partial charge is 0.257 e. The third-order valence-electron chi connectivity index (χ3n) is 5.28. The molecule has 1 aromatic heterocycles. The molecule has 0 amide bonds. The van der Waals surface area contributed by atoms with Gasteiger partial charge in [0, 0.05) is 16.2 Å². The lowest BCUT2D eigenvalue weighted by molar-refractivity contribution is 0.380. The molecule has 0 bridgehead atoms. The van der Waals surface area contributed by atoms with E-state index in [1.54, 1.807) is 5.56 Å². The Morgan fingerprint density at radius 1 is 1.14 bits per heavy atom. The number of hydrogen-bond acceptors (Lipinski definition) is 2. The van der Waals surface area contributed by atoms with Gasteiger partial charge in [-0.2, -0.15) is 0 Å². The molecule has 0 fully saturated rings. The zero-order valence-electron chi connectivity index (χ0n) is 15.6.